The second-order valence-electron chi connectivity index (χ2n) is 4.51. The minimum atomic E-state index is -0.274. The Bertz CT molecular complexity index is 200. The van der Waals surface area contributed by atoms with Crippen LogP contribution in [-0.4, -0.2) is 36.4 Å². The molecule has 2 N–H and O–H groups in total. The zero-order chi connectivity index (χ0) is 11.8. The summed E-state index contributed by atoms with van der Waals surface area (Å²) >= 11 is 0. The highest BCUT2D eigenvalue weighted by Gasteiger charge is 2.16. The minimum absolute atomic E-state index is 0.0982. The average Bonchev–Trinajstić information content (AvgIpc) is 2.74. The molecule has 4 heteroatoms. The van der Waals surface area contributed by atoms with Crippen LogP contribution < -0.4 is 5.32 Å². The van der Waals surface area contributed by atoms with E-state index in [1.54, 1.807) is 6.92 Å². The molecule has 0 bridgehead atoms. The molecular weight excluding hydrogens is 206 g/mol. The third-order valence-corrected chi connectivity index (χ3v) is 2.84. The molecule has 16 heavy (non-hydrogen) atoms. The van der Waals surface area contributed by atoms with Crippen LogP contribution >= 0.6 is 0 Å². The first-order valence-corrected chi connectivity index (χ1v) is 6.25. The van der Waals surface area contributed by atoms with Crippen LogP contribution in [0.1, 0.15) is 45.4 Å². The van der Waals surface area contributed by atoms with Crippen molar-refractivity contribution >= 4 is 5.91 Å². The summed E-state index contributed by atoms with van der Waals surface area (Å²) in [6, 6.07) is 0. The van der Waals surface area contributed by atoms with Gasteiger partial charge in [0.15, 0.2) is 0 Å². The molecule has 0 aromatic carbocycles. The van der Waals surface area contributed by atoms with Gasteiger partial charge in [-0.05, 0) is 39.0 Å². The first-order chi connectivity index (χ1) is 7.68. The van der Waals surface area contributed by atoms with E-state index in [0.717, 1.165) is 38.7 Å². The van der Waals surface area contributed by atoms with Crippen LogP contribution in [0.15, 0.2) is 0 Å². The van der Waals surface area contributed by atoms with Gasteiger partial charge in [-0.2, -0.15) is 0 Å². The lowest BCUT2D eigenvalue weighted by atomic mass is 10.1. The summed E-state index contributed by atoms with van der Waals surface area (Å²) < 4.78 is 5.45. The van der Waals surface area contributed by atoms with Crippen molar-refractivity contribution in [1.82, 2.24) is 5.32 Å². The molecule has 2 atom stereocenters. The smallest absolute Gasteiger partial charge is 0.220 e. The summed E-state index contributed by atoms with van der Waals surface area (Å²) in [5.74, 6) is 0.0982. The van der Waals surface area contributed by atoms with E-state index in [-0.39, 0.29) is 12.0 Å². The van der Waals surface area contributed by atoms with E-state index in [4.69, 9.17) is 9.84 Å². The number of carbonyl (C=O) groups excluding carboxylic acids is 1. The first-order valence-electron chi connectivity index (χ1n) is 6.25. The Labute approximate surface area is 97.4 Å². The number of hydrogen-bond donors (Lipinski definition) is 2. The molecule has 1 aliphatic heterocycles. The predicted molar refractivity (Wildman–Crippen MR) is 62.1 cm³/mol. The summed E-state index contributed by atoms with van der Waals surface area (Å²) in [6.45, 7) is 3.27. The van der Waals surface area contributed by atoms with Crippen LogP contribution in [0.3, 0.4) is 0 Å². The van der Waals surface area contributed by atoms with Gasteiger partial charge in [-0.3, -0.25) is 4.79 Å². The summed E-state index contributed by atoms with van der Waals surface area (Å²) in [5, 5.41) is 11.9. The highest BCUT2D eigenvalue weighted by atomic mass is 16.5. The van der Waals surface area contributed by atoms with Crippen LogP contribution in [0.5, 0.6) is 0 Å². The Morgan fingerprint density at radius 3 is 3.06 bits per heavy atom. The van der Waals surface area contributed by atoms with Crippen molar-refractivity contribution in [3.05, 3.63) is 0 Å². The maximum absolute atomic E-state index is 11.4. The molecule has 1 amide bonds. The lowest BCUT2D eigenvalue weighted by Gasteiger charge is -2.09. The highest BCUT2D eigenvalue weighted by molar-refractivity contribution is 5.75. The van der Waals surface area contributed by atoms with Crippen LogP contribution in [0.25, 0.3) is 0 Å². The Morgan fingerprint density at radius 1 is 1.62 bits per heavy atom. The van der Waals surface area contributed by atoms with E-state index in [0.29, 0.717) is 19.1 Å². The first kappa shape index (κ1) is 13.5. The molecule has 0 spiro atoms. The second kappa shape index (κ2) is 7.63. The molecule has 2 unspecified atom stereocenters. The summed E-state index contributed by atoms with van der Waals surface area (Å²) in [7, 11) is 0. The van der Waals surface area contributed by atoms with E-state index in [1.807, 2.05) is 0 Å². The summed E-state index contributed by atoms with van der Waals surface area (Å²) in [4.78, 5) is 11.4. The van der Waals surface area contributed by atoms with Gasteiger partial charge in [-0.1, -0.05) is 0 Å². The minimum Gasteiger partial charge on any atom is -0.393 e. The van der Waals surface area contributed by atoms with Crippen molar-refractivity contribution in [2.75, 3.05) is 13.2 Å². The monoisotopic (exact) mass is 229 g/mol. The van der Waals surface area contributed by atoms with E-state index < -0.39 is 0 Å². The zero-order valence-corrected chi connectivity index (χ0v) is 10.1. The van der Waals surface area contributed by atoms with E-state index in [1.165, 1.54) is 0 Å². The number of aliphatic hydroxyl groups excluding tert-OH is 1. The summed E-state index contributed by atoms with van der Waals surface area (Å²) in [5.41, 5.74) is 0. The van der Waals surface area contributed by atoms with Gasteiger partial charge in [0.05, 0.1) is 12.2 Å². The lowest BCUT2D eigenvalue weighted by molar-refractivity contribution is -0.121. The molecule has 0 aromatic rings. The van der Waals surface area contributed by atoms with Crippen molar-refractivity contribution < 1.29 is 14.6 Å². The van der Waals surface area contributed by atoms with Gasteiger partial charge in [-0.25, -0.2) is 0 Å². The fourth-order valence-corrected chi connectivity index (χ4v) is 1.88. The molecule has 0 aliphatic carbocycles. The number of carbonyl (C=O) groups is 1. The second-order valence-corrected chi connectivity index (χ2v) is 4.51. The van der Waals surface area contributed by atoms with Gasteiger partial charge in [0.25, 0.3) is 0 Å². The van der Waals surface area contributed by atoms with Crippen molar-refractivity contribution in [1.29, 1.82) is 0 Å². The van der Waals surface area contributed by atoms with Crippen LogP contribution in [0, 0.1) is 0 Å². The molecule has 1 heterocycles. The topological polar surface area (TPSA) is 58.6 Å². The van der Waals surface area contributed by atoms with E-state index in [9.17, 15) is 4.79 Å². The van der Waals surface area contributed by atoms with Crippen molar-refractivity contribution in [2.45, 2.75) is 57.7 Å². The Balaban J connectivity index is 1.94. The van der Waals surface area contributed by atoms with Crippen molar-refractivity contribution in [2.24, 2.45) is 0 Å². The fraction of sp³-hybridized carbons (Fsp3) is 0.917. The quantitative estimate of drug-likeness (QED) is 0.645. The van der Waals surface area contributed by atoms with Gasteiger partial charge >= 0.3 is 0 Å². The molecular formula is C12H23NO3. The van der Waals surface area contributed by atoms with E-state index >= 15 is 0 Å². The zero-order valence-electron chi connectivity index (χ0n) is 10.1. The van der Waals surface area contributed by atoms with Gasteiger partial charge in [0.1, 0.15) is 0 Å². The maximum atomic E-state index is 11.4. The third-order valence-electron chi connectivity index (χ3n) is 2.84. The average molecular weight is 229 g/mol. The third kappa shape index (κ3) is 6.08. The van der Waals surface area contributed by atoms with Crippen LogP contribution in [0.4, 0.5) is 0 Å². The maximum Gasteiger partial charge on any atom is 0.220 e. The molecule has 1 rings (SSSR count). The van der Waals surface area contributed by atoms with Crippen LogP contribution in [-0.2, 0) is 9.53 Å². The largest absolute Gasteiger partial charge is 0.393 e. The normalized spacial score (nSPS) is 22.0. The number of ether oxygens (including phenoxy) is 1. The number of nitrogens with one attached hydrogen (secondary N) is 1. The molecule has 1 aliphatic rings. The number of aliphatic hydroxyl groups is 1. The Morgan fingerprint density at radius 2 is 2.44 bits per heavy atom. The van der Waals surface area contributed by atoms with Gasteiger partial charge in [0, 0.05) is 19.6 Å². The fourth-order valence-electron chi connectivity index (χ4n) is 1.88. The molecule has 94 valence electrons. The van der Waals surface area contributed by atoms with Gasteiger partial charge < -0.3 is 15.2 Å². The predicted octanol–water partition coefficient (Wildman–Crippen LogP) is 1.22. The lowest BCUT2D eigenvalue weighted by Crippen LogP contribution is -2.25. The molecule has 0 aromatic heterocycles. The van der Waals surface area contributed by atoms with E-state index in [2.05, 4.69) is 5.32 Å². The molecule has 0 radical (unpaired) electrons. The van der Waals surface area contributed by atoms with Gasteiger partial charge in [0.2, 0.25) is 5.91 Å². The number of hydrogen-bond acceptors (Lipinski definition) is 3. The molecule has 4 nitrogen and oxygen atoms in total. The standard InChI is InChI=1S/C12H23NO3/c1-10(14)4-2-8-13-12(15)7-6-11-5-3-9-16-11/h10-11,14H,2-9H2,1H3,(H,13,15). The molecule has 0 saturated carbocycles. The Kier molecular flexibility index (Phi) is 6.42. The van der Waals surface area contributed by atoms with Crippen molar-refractivity contribution in [3.63, 3.8) is 0 Å². The molecule has 1 saturated heterocycles. The van der Waals surface area contributed by atoms with Crippen LogP contribution in [0.2, 0.25) is 0 Å². The summed E-state index contributed by atoms with van der Waals surface area (Å²) in [6.07, 6.45) is 5.21. The highest BCUT2D eigenvalue weighted by Crippen LogP contribution is 2.16. The Hall–Kier alpha value is -0.610. The van der Waals surface area contributed by atoms with Gasteiger partial charge in [-0.15, -0.1) is 0 Å². The van der Waals surface area contributed by atoms with Crippen molar-refractivity contribution in [3.8, 4) is 0 Å². The number of amides is 1. The SMILES string of the molecule is CC(O)CCCNC(=O)CCC1CCCO1. The molecule has 1 fully saturated rings. The number of rotatable bonds is 7.